The molecule has 10 heteroatoms. The molecule has 2 atom stereocenters. The molecule has 35 heavy (non-hydrogen) atoms. The van der Waals surface area contributed by atoms with E-state index in [1.54, 1.807) is 48.3 Å². The zero-order valence-electron chi connectivity index (χ0n) is 19.2. The lowest BCUT2D eigenvalue weighted by Gasteiger charge is -2.34. The molecule has 0 aliphatic carbocycles. The summed E-state index contributed by atoms with van der Waals surface area (Å²) in [4.78, 5) is 32.5. The van der Waals surface area contributed by atoms with Crippen molar-refractivity contribution in [1.29, 1.82) is 5.26 Å². The minimum absolute atomic E-state index is 0.312. The Morgan fingerprint density at radius 1 is 1.11 bits per heavy atom. The summed E-state index contributed by atoms with van der Waals surface area (Å²) in [5.41, 5.74) is 1.64. The number of nitrogens with zero attached hydrogens (tertiary/aromatic N) is 6. The second kappa shape index (κ2) is 8.68. The van der Waals surface area contributed by atoms with Crippen LogP contribution < -0.4 is 4.90 Å². The smallest absolute Gasteiger partial charge is 0.310 e. The van der Waals surface area contributed by atoms with E-state index in [0.717, 1.165) is 11.1 Å². The average molecular weight is 509 g/mol. The van der Waals surface area contributed by atoms with Crippen LogP contribution >= 0.6 is 23.2 Å². The first-order valence-electron chi connectivity index (χ1n) is 11.0. The second-order valence-electron chi connectivity index (χ2n) is 9.01. The largest absolute Gasteiger partial charge is 0.332 e. The van der Waals surface area contributed by atoms with Gasteiger partial charge in [-0.3, -0.25) is 14.4 Å². The monoisotopic (exact) mass is 508 g/mol. The maximum atomic E-state index is 14.2. The number of aryl methyl sites for hydroxylation is 1. The Morgan fingerprint density at radius 2 is 1.80 bits per heavy atom. The minimum atomic E-state index is -1.14. The fourth-order valence-corrected chi connectivity index (χ4v) is 5.74. The molecule has 0 saturated carbocycles. The Bertz CT molecular complexity index is 1340. The van der Waals surface area contributed by atoms with Crippen LogP contribution in [0.15, 0.2) is 54.9 Å². The van der Waals surface area contributed by atoms with Crippen LogP contribution in [0.1, 0.15) is 22.6 Å². The third-order valence-corrected chi connectivity index (χ3v) is 7.28. The maximum absolute atomic E-state index is 14.2. The van der Waals surface area contributed by atoms with Crippen molar-refractivity contribution in [2.24, 2.45) is 7.05 Å². The summed E-state index contributed by atoms with van der Waals surface area (Å²) in [5.74, 6) is -0.639. The van der Waals surface area contributed by atoms with E-state index < -0.39 is 11.6 Å². The van der Waals surface area contributed by atoms with Crippen LogP contribution in [0.25, 0.3) is 0 Å². The van der Waals surface area contributed by atoms with Crippen LogP contribution in [0, 0.1) is 11.3 Å². The number of halogens is 2. The average Bonchev–Trinajstić information content (AvgIpc) is 3.46. The van der Waals surface area contributed by atoms with Crippen LogP contribution in [0.4, 0.5) is 10.5 Å². The minimum Gasteiger partial charge on any atom is -0.310 e. The molecular formula is C25H22Cl2N6O2. The molecule has 1 spiro atoms. The van der Waals surface area contributed by atoms with Gasteiger partial charge in [-0.25, -0.2) is 9.69 Å². The molecule has 5 rings (SSSR count). The number of likely N-dealkylation sites (tertiary alicyclic amines) is 1. The van der Waals surface area contributed by atoms with Gasteiger partial charge in [0.1, 0.15) is 5.54 Å². The lowest BCUT2D eigenvalue weighted by molar-refractivity contribution is -0.124. The van der Waals surface area contributed by atoms with Crippen molar-refractivity contribution < 1.29 is 9.59 Å². The van der Waals surface area contributed by atoms with Gasteiger partial charge in [0.2, 0.25) is 0 Å². The highest BCUT2D eigenvalue weighted by Gasteiger charge is 2.64. The Kier molecular flexibility index (Phi) is 5.80. The molecule has 0 N–H and O–H groups in total. The Morgan fingerprint density at radius 3 is 2.40 bits per heavy atom. The van der Waals surface area contributed by atoms with Gasteiger partial charge in [0, 0.05) is 61.5 Å². The third kappa shape index (κ3) is 3.86. The van der Waals surface area contributed by atoms with Gasteiger partial charge in [-0.15, -0.1) is 0 Å². The van der Waals surface area contributed by atoms with E-state index in [4.69, 9.17) is 23.2 Å². The topological polar surface area (TPSA) is 85.5 Å². The van der Waals surface area contributed by atoms with Gasteiger partial charge < -0.3 is 4.90 Å². The van der Waals surface area contributed by atoms with Crippen molar-refractivity contribution in [2.45, 2.75) is 18.0 Å². The normalized spacial score (nSPS) is 22.4. The first-order chi connectivity index (χ1) is 16.7. The number of amides is 3. The molecule has 178 valence electrons. The van der Waals surface area contributed by atoms with Crippen LogP contribution in [0.5, 0.6) is 0 Å². The van der Waals surface area contributed by atoms with Gasteiger partial charge >= 0.3 is 6.03 Å². The molecule has 1 aromatic heterocycles. The van der Waals surface area contributed by atoms with Gasteiger partial charge in [-0.1, -0.05) is 35.3 Å². The molecule has 3 heterocycles. The molecule has 0 radical (unpaired) electrons. The number of rotatable bonds is 4. The Labute approximate surface area is 212 Å². The number of benzene rings is 2. The highest BCUT2D eigenvalue weighted by Crippen LogP contribution is 2.47. The molecule has 2 aliphatic heterocycles. The van der Waals surface area contributed by atoms with Crippen LogP contribution in [0.3, 0.4) is 0 Å². The number of carbonyl (C=O) groups is 2. The zero-order chi connectivity index (χ0) is 24.9. The van der Waals surface area contributed by atoms with Crippen molar-refractivity contribution in [2.75, 3.05) is 25.0 Å². The van der Waals surface area contributed by atoms with Crippen molar-refractivity contribution in [1.82, 2.24) is 19.6 Å². The van der Waals surface area contributed by atoms with Crippen molar-refractivity contribution in [3.63, 3.8) is 0 Å². The lowest BCUT2D eigenvalue weighted by atomic mass is 9.80. The number of imide groups is 1. The fourth-order valence-electron chi connectivity index (χ4n) is 5.23. The highest BCUT2D eigenvalue weighted by atomic mass is 35.5. The van der Waals surface area contributed by atoms with E-state index in [1.807, 2.05) is 25.4 Å². The summed E-state index contributed by atoms with van der Waals surface area (Å²) in [5, 5.41) is 14.2. The molecule has 2 aliphatic rings. The van der Waals surface area contributed by atoms with E-state index in [2.05, 4.69) is 16.1 Å². The molecule has 2 fully saturated rings. The standard InChI is InChI=1S/C25H22Cl2N6O2/c1-30-12-17(11-29-30)13-32-14-22(18-5-3-16(10-28)4-6-18)25(15-32)23(34)33(24(35)31(25)2)21-8-19(26)7-20(27)9-21/h3-9,11-12,22H,13-15H2,1-2H3. The molecule has 2 saturated heterocycles. The number of aromatic nitrogens is 2. The second-order valence-corrected chi connectivity index (χ2v) is 9.89. The van der Waals surface area contributed by atoms with E-state index in [9.17, 15) is 14.9 Å². The number of likely N-dealkylation sites (N-methyl/N-ethyl adjacent to an activating group) is 1. The SMILES string of the molecule is CN1C(=O)N(c2cc(Cl)cc(Cl)c2)C(=O)C12CN(Cc1cnn(C)c1)CC2c1ccc(C#N)cc1. The predicted molar refractivity (Wildman–Crippen MR) is 132 cm³/mol. The molecule has 8 nitrogen and oxygen atoms in total. The molecule has 3 amide bonds. The molecule has 2 unspecified atom stereocenters. The number of nitriles is 1. The maximum Gasteiger partial charge on any atom is 0.332 e. The molecule has 0 bridgehead atoms. The first-order valence-corrected chi connectivity index (χ1v) is 11.8. The van der Waals surface area contributed by atoms with Crippen LogP contribution in [-0.2, 0) is 18.4 Å². The quantitative estimate of drug-likeness (QED) is 0.496. The predicted octanol–water partition coefficient (Wildman–Crippen LogP) is 4.04. The summed E-state index contributed by atoms with van der Waals surface area (Å²) >= 11 is 12.4. The third-order valence-electron chi connectivity index (χ3n) is 6.84. The van der Waals surface area contributed by atoms with Gasteiger partial charge in [-0.2, -0.15) is 10.4 Å². The van der Waals surface area contributed by atoms with Crippen LogP contribution in [-0.4, -0.2) is 57.2 Å². The molecular weight excluding hydrogens is 487 g/mol. The first kappa shape index (κ1) is 23.4. The zero-order valence-corrected chi connectivity index (χ0v) is 20.7. The fraction of sp³-hybridized carbons (Fsp3) is 0.280. The van der Waals surface area contributed by atoms with Crippen LogP contribution in [0.2, 0.25) is 10.0 Å². The van der Waals surface area contributed by atoms with Gasteiger partial charge in [-0.05, 0) is 35.9 Å². The number of hydrogen-bond acceptors (Lipinski definition) is 5. The summed E-state index contributed by atoms with van der Waals surface area (Å²) in [6.45, 7) is 1.48. The Hall–Kier alpha value is -3.38. The number of anilines is 1. The van der Waals surface area contributed by atoms with E-state index >= 15 is 0 Å². The molecule has 2 aromatic carbocycles. The summed E-state index contributed by atoms with van der Waals surface area (Å²) in [7, 11) is 3.52. The van der Waals surface area contributed by atoms with E-state index in [0.29, 0.717) is 40.9 Å². The number of hydrogen-bond donors (Lipinski definition) is 0. The van der Waals surface area contributed by atoms with E-state index in [-0.39, 0.29) is 11.8 Å². The van der Waals surface area contributed by atoms with Gasteiger partial charge in [0.25, 0.3) is 5.91 Å². The number of urea groups is 1. The van der Waals surface area contributed by atoms with Crippen molar-refractivity contribution in [3.05, 3.63) is 81.6 Å². The lowest BCUT2D eigenvalue weighted by Crippen LogP contribution is -2.53. The summed E-state index contributed by atoms with van der Waals surface area (Å²) < 4.78 is 1.74. The summed E-state index contributed by atoms with van der Waals surface area (Å²) in [6, 6.07) is 13.6. The summed E-state index contributed by atoms with van der Waals surface area (Å²) in [6.07, 6.45) is 3.74. The van der Waals surface area contributed by atoms with Crippen molar-refractivity contribution >= 4 is 40.8 Å². The number of carbonyl (C=O) groups excluding carboxylic acids is 2. The van der Waals surface area contributed by atoms with Crippen molar-refractivity contribution in [3.8, 4) is 6.07 Å². The molecule has 3 aromatic rings. The van der Waals surface area contributed by atoms with Gasteiger partial charge in [0.05, 0.1) is 23.5 Å². The van der Waals surface area contributed by atoms with E-state index in [1.165, 1.54) is 9.80 Å². The van der Waals surface area contributed by atoms with Gasteiger partial charge in [0.15, 0.2) is 0 Å². The Balaban J connectivity index is 1.58. The highest BCUT2D eigenvalue weighted by molar-refractivity contribution is 6.35.